The van der Waals surface area contributed by atoms with Gasteiger partial charge in [0.25, 0.3) is 0 Å². The maximum absolute atomic E-state index is 2.45. The second-order valence-corrected chi connectivity index (χ2v) is 11.2. The van der Waals surface area contributed by atoms with E-state index in [-0.39, 0.29) is 0 Å². The molecule has 0 radical (unpaired) electrons. The summed E-state index contributed by atoms with van der Waals surface area (Å²) >= 11 is 1.90. The van der Waals surface area contributed by atoms with E-state index in [0.29, 0.717) is 0 Å². The van der Waals surface area contributed by atoms with Crippen molar-refractivity contribution in [1.29, 1.82) is 0 Å². The van der Waals surface area contributed by atoms with E-state index in [0.717, 1.165) is 5.69 Å². The summed E-state index contributed by atoms with van der Waals surface area (Å²) in [5, 5.41) is 7.69. The van der Waals surface area contributed by atoms with Crippen molar-refractivity contribution >= 4 is 70.1 Å². The van der Waals surface area contributed by atoms with Gasteiger partial charge in [-0.15, -0.1) is 11.3 Å². The van der Waals surface area contributed by atoms with Crippen molar-refractivity contribution in [2.24, 2.45) is 0 Å². The lowest BCUT2D eigenvalue weighted by atomic mass is 10.0. The first kappa shape index (κ1) is 23.0. The molecule has 0 aliphatic heterocycles. The van der Waals surface area contributed by atoms with Crippen LogP contribution in [0.4, 0.5) is 17.1 Å². The predicted octanol–water partition coefficient (Wildman–Crippen LogP) is 11.5. The third kappa shape index (κ3) is 3.69. The van der Waals surface area contributed by atoms with Crippen LogP contribution in [0.5, 0.6) is 0 Å². The van der Waals surface area contributed by atoms with E-state index in [2.05, 4.69) is 157 Å². The smallest absolute Gasteiger partial charge is 0.0640 e. The maximum atomic E-state index is 2.45. The monoisotopic (exact) mass is 527 g/mol. The first-order valence-corrected chi connectivity index (χ1v) is 14.4. The number of anilines is 3. The van der Waals surface area contributed by atoms with Crippen molar-refractivity contribution in [3.05, 3.63) is 152 Å². The zero-order valence-corrected chi connectivity index (χ0v) is 22.6. The third-order valence-corrected chi connectivity index (χ3v) is 9.11. The minimum atomic E-state index is 1.15. The van der Waals surface area contributed by atoms with E-state index in [1.54, 1.807) is 0 Å². The molecule has 0 aliphatic carbocycles. The SMILES string of the molecule is c1ccc(-c2ccccc2N(c2ccc3ccccc3c2)c2cccc3c2sc2c4ccccc4ccc32)cc1. The molecule has 1 heterocycles. The summed E-state index contributed by atoms with van der Waals surface area (Å²) in [6.07, 6.45) is 0. The fourth-order valence-electron chi connectivity index (χ4n) is 5.94. The van der Waals surface area contributed by atoms with E-state index in [9.17, 15) is 0 Å². The fraction of sp³-hybridized carbons (Fsp3) is 0. The number of benzene rings is 7. The highest BCUT2D eigenvalue weighted by Gasteiger charge is 2.21. The summed E-state index contributed by atoms with van der Waals surface area (Å²) in [7, 11) is 0. The highest BCUT2D eigenvalue weighted by Crippen LogP contribution is 2.48. The molecule has 40 heavy (non-hydrogen) atoms. The number of para-hydroxylation sites is 1. The van der Waals surface area contributed by atoms with Crippen molar-refractivity contribution in [3.8, 4) is 11.1 Å². The summed E-state index contributed by atoms with van der Waals surface area (Å²) in [5.74, 6) is 0. The zero-order valence-electron chi connectivity index (χ0n) is 21.8. The van der Waals surface area contributed by atoms with Crippen molar-refractivity contribution in [2.45, 2.75) is 0 Å². The van der Waals surface area contributed by atoms with Gasteiger partial charge in [-0.2, -0.15) is 0 Å². The molecule has 0 amide bonds. The van der Waals surface area contributed by atoms with Crippen LogP contribution in [0, 0.1) is 0 Å². The molecule has 7 aromatic carbocycles. The van der Waals surface area contributed by atoms with Gasteiger partial charge in [-0.1, -0.05) is 127 Å². The Morgan fingerprint density at radius 1 is 0.400 bits per heavy atom. The van der Waals surface area contributed by atoms with E-state index < -0.39 is 0 Å². The van der Waals surface area contributed by atoms with Gasteiger partial charge < -0.3 is 4.90 Å². The lowest BCUT2D eigenvalue weighted by Crippen LogP contribution is -2.11. The van der Waals surface area contributed by atoms with Crippen molar-refractivity contribution in [3.63, 3.8) is 0 Å². The summed E-state index contributed by atoms with van der Waals surface area (Å²) in [6.45, 7) is 0. The van der Waals surface area contributed by atoms with Crippen molar-refractivity contribution < 1.29 is 0 Å². The maximum Gasteiger partial charge on any atom is 0.0640 e. The Hall–Kier alpha value is -4.92. The Labute approximate surface area is 237 Å². The number of fused-ring (bicyclic) bond motifs is 6. The van der Waals surface area contributed by atoms with Crippen LogP contribution in [-0.2, 0) is 0 Å². The Morgan fingerprint density at radius 3 is 1.95 bits per heavy atom. The molecule has 0 unspecified atom stereocenters. The lowest BCUT2D eigenvalue weighted by Gasteiger charge is -2.28. The molecule has 0 spiro atoms. The van der Waals surface area contributed by atoms with Gasteiger partial charge in [0, 0.05) is 26.7 Å². The van der Waals surface area contributed by atoms with E-state index in [1.165, 1.54) is 64.2 Å². The second kappa shape index (κ2) is 9.37. The van der Waals surface area contributed by atoms with Crippen LogP contribution < -0.4 is 4.90 Å². The highest BCUT2D eigenvalue weighted by atomic mass is 32.1. The molecule has 0 N–H and O–H groups in total. The van der Waals surface area contributed by atoms with E-state index >= 15 is 0 Å². The Kier molecular flexibility index (Phi) is 5.39. The number of nitrogens with zero attached hydrogens (tertiary/aromatic N) is 1. The largest absolute Gasteiger partial charge is 0.308 e. The quantitative estimate of drug-likeness (QED) is 0.220. The van der Waals surface area contributed by atoms with Crippen molar-refractivity contribution in [2.75, 3.05) is 4.90 Å². The van der Waals surface area contributed by atoms with Crippen LogP contribution in [-0.4, -0.2) is 0 Å². The molecule has 188 valence electrons. The van der Waals surface area contributed by atoms with Gasteiger partial charge in [0.05, 0.1) is 16.1 Å². The summed E-state index contributed by atoms with van der Waals surface area (Å²) in [4.78, 5) is 2.45. The van der Waals surface area contributed by atoms with Crippen LogP contribution in [0.2, 0.25) is 0 Å². The van der Waals surface area contributed by atoms with E-state index in [4.69, 9.17) is 0 Å². The number of hydrogen-bond donors (Lipinski definition) is 0. The standard InChI is InChI=1S/C38H25NS/c1-2-12-27(13-3-1)31-16-8-9-19-35(31)39(30-23-21-26-11-4-5-15-29(26)25-30)36-20-10-18-33-34-24-22-28-14-6-7-17-32(28)37(34)40-38(33)36/h1-25H. The normalized spacial score (nSPS) is 11.5. The molecule has 0 saturated carbocycles. The highest BCUT2D eigenvalue weighted by molar-refractivity contribution is 7.27. The molecule has 0 atom stereocenters. The van der Waals surface area contributed by atoms with E-state index in [1.807, 2.05) is 11.3 Å². The molecule has 0 fully saturated rings. The Morgan fingerprint density at radius 2 is 1.05 bits per heavy atom. The molecular weight excluding hydrogens is 502 g/mol. The van der Waals surface area contributed by atoms with Gasteiger partial charge in [0.2, 0.25) is 0 Å². The molecular formula is C38H25NS. The molecule has 8 rings (SSSR count). The van der Waals surface area contributed by atoms with Gasteiger partial charge >= 0.3 is 0 Å². The molecule has 8 aromatic rings. The van der Waals surface area contributed by atoms with Crippen LogP contribution >= 0.6 is 11.3 Å². The number of thiophene rings is 1. The Balaban J connectivity index is 1.45. The van der Waals surface area contributed by atoms with Crippen LogP contribution in [0.3, 0.4) is 0 Å². The zero-order chi connectivity index (χ0) is 26.5. The number of rotatable bonds is 4. The van der Waals surface area contributed by atoms with Crippen LogP contribution in [0.1, 0.15) is 0 Å². The minimum absolute atomic E-state index is 1.15. The summed E-state index contributed by atoms with van der Waals surface area (Å²) in [5.41, 5.74) is 5.93. The molecule has 0 saturated heterocycles. The Bertz CT molecular complexity index is 2170. The molecule has 1 aromatic heterocycles. The average Bonchev–Trinajstić information content (AvgIpc) is 3.42. The molecule has 1 nitrogen and oxygen atoms in total. The number of hydrogen-bond acceptors (Lipinski definition) is 2. The first-order valence-electron chi connectivity index (χ1n) is 13.6. The first-order chi connectivity index (χ1) is 19.8. The molecule has 0 aliphatic rings. The van der Waals surface area contributed by atoms with Gasteiger partial charge in [-0.05, 0) is 51.4 Å². The van der Waals surface area contributed by atoms with Gasteiger partial charge in [0.1, 0.15) is 0 Å². The lowest BCUT2D eigenvalue weighted by molar-refractivity contribution is 1.31. The fourth-order valence-corrected chi connectivity index (χ4v) is 7.28. The summed E-state index contributed by atoms with van der Waals surface area (Å²) in [6, 6.07) is 54.9. The summed E-state index contributed by atoms with van der Waals surface area (Å²) < 4.78 is 2.64. The average molecular weight is 528 g/mol. The van der Waals surface area contributed by atoms with Crippen molar-refractivity contribution in [1.82, 2.24) is 0 Å². The van der Waals surface area contributed by atoms with Crippen LogP contribution in [0.15, 0.2) is 152 Å². The van der Waals surface area contributed by atoms with Gasteiger partial charge in [0.15, 0.2) is 0 Å². The predicted molar refractivity (Wildman–Crippen MR) is 174 cm³/mol. The molecule has 2 heteroatoms. The van der Waals surface area contributed by atoms with Gasteiger partial charge in [-0.25, -0.2) is 0 Å². The topological polar surface area (TPSA) is 3.24 Å². The minimum Gasteiger partial charge on any atom is -0.308 e. The third-order valence-electron chi connectivity index (χ3n) is 7.83. The second-order valence-electron chi connectivity index (χ2n) is 10.2. The van der Waals surface area contributed by atoms with Crippen LogP contribution in [0.25, 0.3) is 52.8 Å². The van der Waals surface area contributed by atoms with Gasteiger partial charge in [-0.3, -0.25) is 0 Å². The molecule has 0 bridgehead atoms.